The average molecular weight is 501 g/mol. The second kappa shape index (κ2) is 6.24. The van der Waals surface area contributed by atoms with Crippen LogP contribution in [0.2, 0.25) is 0 Å². The van der Waals surface area contributed by atoms with Gasteiger partial charge in [-0.1, -0.05) is 25.4 Å². The van der Waals surface area contributed by atoms with E-state index in [1.54, 1.807) is 51.1 Å². The minimum atomic E-state index is -1.23. The summed E-state index contributed by atoms with van der Waals surface area (Å²) in [4.78, 5) is 40.8. The Morgan fingerprint density at radius 1 is 1.28 bits per heavy atom. The lowest BCUT2D eigenvalue weighted by molar-refractivity contribution is -0.160. The first-order valence-corrected chi connectivity index (χ1v) is 11.9. The van der Waals surface area contributed by atoms with Crippen molar-refractivity contribution in [1.82, 2.24) is 9.80 Å². The molecule has 0 aliphatic carbocycles. The fourth-order valence-corrected chi connectivity index (χ4v) is 8.96. The van der Waals surface area contributed by atoms with E-state index < -0.39 is 36.6 Å². The third-order valence-electron chi connectivity index (χ3n) is 6.57. The maximum Gasteiger partial charge on any atom is 0.314 e. The van der Waals surface area contributed by atoms with Crippen molar-refractivity contribution >= 4 is 54.4 Å². The number of hydrogen-bond acceptors (Lipinski definition) is 6. The number of rotatable bonds is 3. The molecular weight excluding hydrogens is 480 g/mol. The van der Waals surface area contributed by atoms with Crippen LogP contribution < -0.4 is 4.74 Å². The molecule has 0 N–H and O–H groups in total. The molecule has 7 nitrogen and oxygen atoms in total. The number of amides is 2. The summed E-state index contributed by atoms with van der Waals surface area (Å²) in [6.07, 6.45) is 0.123. The van der Waals surface area contributed by atoms with Gasteiger partial charge in [-0.2, -0.15) is 0 Å². The lowest BCUT2D eigenvalue weighted by atomic mass is 9.78. The fraction of sp³-hybridized carbons (Fsp3) is 0.526. The van der Waals surface area contributed by atoms with Gasteiger partial charge in [0.05, 0.1) is 25.7 Å². The van der Waals surface area contributed by atoms with Gasteiger partial charge in [-0.25, -0.2) is 0 Å². The third-order valence-corrected chi connectivity index (χ3v) is 11.4. The Morgan fingerprint density at radius 3 is 2.52 bits per heavy atom. The maximum absolute atomic E-state index is 13.7. The first-order valence-electron chi connectivity index (χ1n) is 8.97. The predicted octanol–water partition coefficient (Wildman–Crippen LogP) is 1.89. The molecule has 1 unspecified atom stereocenters. The summed E-state index contributed by atoms with van der Waals surface area (Å²) in [7, 11) is 3.45. The predicted molar refractivity (Wildman–Crippen MR) is 114 cm³/mol. The van der Waals surface area contributed by atoms with E-state index in [-0.39, 0.29) is 18.2 Å². The Hall–Kier alpha value is -1.52. The molecule has 4 rings (SSSR count). The number of nitrogens with zero attached hydrogens (tertiary/aromatic N) is 2. The van der Waals surface area contributed by atoms with E-state index in [1.165, 1.54) is 12.0 Å². The molecule has 5 atom stereocenters. The molecule has 10 heteroatoms. The maximum atomic E-state index is 13.7. The molecule has 1 spiro atoms. The monoisotopic (exact) mass is 500 g/mol. The van der Waals surface area contributed by atoms with Gasteiger partial charge in [0.25, 0.3) is 11.8 Å². The number of piperazine rings is 1. The van der Waals surface area contributed by atoms with Crippen molar-refractivity contribution in [3.63, 3.8) is 0 Å². The number of likely N-dealkylation sites (N-methyl/N-ethyl adjacent to an activating group) is 1. The lowest BCUT2D eigenvalue weighted by Crippen LogP contribution is -2.61. The van der Waals surface area contributed by atoms with E-state index in [2.05, 4.69) is 15.9 Å². The Kier molecular flexibility index (Phi) is 4.46. The Bertz CT molecular complexity index is 1000. The van der Waals surface area contributed by atoms with Crippen LogP contribution in [0.15, 0.2) is 22.7 Å². The highest BCUT2D eigenvalue weighted by Crippen LogP contribution is 2.66. The van der Waals surface area contributed by atoms with Crippen molar-refractivity contribution in [2.75, 3.05) is 21.3 Å². The number of carbonyl (C=O) groups excluding carboxylic acids is 3. The molecule has 2 bridgehead atoms. The second-order valence-corrected chi connectivity index (χ2v) is 11.8. The normalized spacial score (nSPS) is 37.9. The van der Waals surface area contributed by atoms with Gasteiger partial charge in [0.2, 0.25) is 0 Å². The van der Waals surface area contributed by atoms with E-state index in [0.29, 0.717) is 15.8 Å². The van der Waals surface area contributed by atoms with Gasteiger partial charge in [-0.05, 0) is 48.8 Å². The van der Waals surface area contributed by atoms with Crippen LogP contribution in [-0.4, -0.2) is 58.6 Å². The highest BCUT2D eigenvalue weighted by atomic mass is 79.9. The Balaban J connectivity index is 2.02. The Morgan fingerprint density at radius 2 is 1.93 bits per heavy atom. The first kappa shape index (κ1) is 20.7. The van der Waals surface area contributed by atoms with Gasteiger partial charge in [-0.15, -0.1) is 0 Å². The van der Waals surface area contributed by atoms with E-state index in [1.807, 2.05) is 0 Å². The second-order valence-electron chi connectivity index (χ2n) is 7.95. The van der Waals surface area contributed by atoms with Crippen molar-refractivity contribution in [2.24, 2.45) is 5.41 Å². The molecule has 156 valence electrons. The lowest BCUT2D eigenvalue weighted by Gasteiger charge is -2.40. The molecule has 0 aromatic heterocycles. The molecular formula is C19H21BrN2O5S2. The molecule has 0 radical (unpaired) electrons. The number of methoxy groups -OCH3 is 2. The molecule has 2 amide bonds. The number of ether oxygens (including phenoxy) is 2. The van der Waals surface area contributed by atoms with Crippen molar-refractivity contribution in [1.29, 1.82) is 0 Å². The summed E-state index contributed by atoms with van der Waals surface area (Å²) in [6.45, 7) is 3.47. The number of halogens is 1. The minimum absolute atomic E-state index is 0.123. The molecule has 29 heavy (non-hydrogen) atoms. The molecule has 3 aliphatic heterocycles. The van der Waals surface area contributed by atoms with Gasteiger partial charge in [0, 0.05) is 17.9 Å². The van der Waals surface area contributed by atoms with Crippen molar-refractivity contribution in [3.05, 3.63) is 28.2 Å². The summed E-state index contributed by atoms with van der Waals surface area (Å²) < 4.78 is 11.2. The summed E-state index contributed by atoms with van der Waals surface area (Å²) in [5.41, 5.74) is -0.466. The van der Waals surface area contributed by atoms with Gasteiger partial charge >= 0.3 is 5.97 Å². The molecule has 1 aromatic rings. The van der Waals surface area contributed by atoms with E-state index in [0.717, 1.165) is 0 Å². The van der Waals surface area contributed by atoms with Crippen LogP contribution in [0.4, 0.5) is 0 Å². The van der Waals surface area contributed by atoms with Crippen LogP contribution in [0, 0.1) is 5.41 Å². The number of carbonyl (C=O) groups is 3. The van der Waals surface area contributed by atoms with Gasteiger partial charge in [0.15, 0.2) is 9.74 Å². The molecule has 3 saturated heterocycles. The van der Waals surface area contributed by atoms with Gasteiger partial charge in [-0.3, -0.25) is 14.4 Å². The van der Waals surface area contributed by atoms with Crippen LogP contribution in [0.5, 0.6) is 5.75 Å². The average Bonchev–Trinajstić information content (AvgIpc) is 3.14. The summed E-state index contributed by atoms with van der Waals surface area (Å²) in [6, 6.07) is 4.65. The van der Waals surface area contributed by atoms with E-state index >= 15 is 0 Å². The summed E-state index contributed by atoms with van der Waals surface area (Å²) in [5, 5.41) is 0. The fourth-order valence-electron chi connectivity index (χ4n) is 4.98. The summed E-state index contributed by atoms with van der Waals surface area (Å²) >= 11 is 9.36. The largest absolute Gasteiger partial charge is 0.497 e. The van der Waals surface area contributed by atoms with E-state index in [4.69, 9.17) is 20.7 Å². The standard InChI is InChI=1S/C19H21BrN2O5S2/c1-17(16(25)27-5)9-19-15(24)21(3)18(2,29(19)28)14(23)22(19)13(17)11-8-10(26-4)6-7-12(11)20/h6-8,13H,9H2,1-5H3/t13-,17-,18-,19-,29?/m0/s1. The number of benzene rings is 1. The van der Waals surface area contributed by atoms with Gasteiger partial charge in [0.1, 0.15) is 5.75 Å². The highest BCUT2D eigenvalue weighted by Gasteiger charge is 2.81. The zero-order valence-electron chi connectivity index (χ0n) is 16.6. The quantitative estimate of drug-likeness (QED) is 0.589. The van der Waals surface area contributed by atoms with Crippen LogP contribution in [0.3, 0.4) is 0 Å². The zero-order chi connectivity index (χ0) is 21.5. The number of hydrogen-bond donors (Lipinski definition) is 0. The third kappa shape index (κ3) is 2.17. The molecule has 3 fully saturated rings. The van der Waals surface area contributed by atoms with Crippen molar-refractivity contribution in [3.8, 4) is 5.75 Å². The van der Waals surface area contributed by atoms with Gasteiger partial charge < -0.3 is 19.3 Å². The topological polar surface area (TPSA) is 76.2 Å². The van der Waals surface area contributed by atoms with Crippen LogP contribution in [0.25, 0.3) is 0 Å². The van der Waals surface area contributed by atoms with E-state index in [9.17, 15) is 14.4 Å². The van der Waals surface area contributed by atoms with Crippen molar-refractivity contribution < 1.29 is 23.9 Å². The molecule has 0 saturated carbocycles. The summed E-state index contributed by atoms with van der Waals surface area (Å²) in [5.74, 6) is -0.343. The van der Waals surface area contributed by atoms with Crippen molar-refractivity contribution in [2.45, 2.75) is 36.1 Å². The smallest absolute Gasteiger partial charge is 0.314 e. The number of esters is 1. The SMILES string of the molecule is COC(=O)[C@@]1(C)C[C@]23C(=O)N(C)[C@](C)(C(=O)N2[C@H]1c1cc(OC)ccc1Br)S3=S. The Labute approximate surface area is 184 Å². The first-order chi connectivity index (χ1) is 13.5. The van der Waals surface area contributed by atoms with Crippen LogP contribution in [-0.2, 0) is 39.8 Å². The number of fused-ring (bicyclic) bond motifs is 1. The van der Waals surface area contributed by atoms with Crippen LogP contribution in [0.1, 0.15) is 31.9 Å². The zero-order valence-corrected chi connectivity index (χ0v) is 19.9. The van der Waals surface area contributed by atoms with Crippen LogP contribution >= 0.6 is 15.9 Å². The highest BCUT2D eigenvalue weighted by molar-refractivity contribution is 9.10. The molecule has 3 aliphatic rings. The minimum Gasteiger partial charge on any atom is -0.497 e. The molecule has 1 aromatic carbocycles. The molecule has 3 heterocycles.